The first-order chi connectivity index (χ1) is 15.0. The fourth-order valence-corrected chi connectivity index (χ4v) is 4.74. The highest BCUT2D eigenvalue weighted by molar-refractivity contribution is 8.15. The number of aryl methyl sites for hydroxylation is 1. The number of aliphatic imine (C=N–C) groups is 2. The maximum Gasteiger partial charge on any atom is 0.259 e. The normalized spacial score (nSPS) is 18.1. The Morgan fingerprint density at radius 2 is 1.90 bits per heavy atom. The summed E-state index contributed by atoms with van der Waals surface area (Å²) < 4.78 is 0. The number of hydrogen-bond acceptors (Lipinski definition) is 5. The first-order valence-electron chi connectivity index (χ1n) is 10.7. The van der Waals surface area contributed by atoms with Gasteiger partial charge in [0.15, 0.2) is 5.17 Å². The number of nitrogens with one attached hydrogen (secondary N) is 1. The number of anilines is 1. The highest BCUT2D eigenvalue weighted by Crippen LogP contribution is 2.36. The van der Waals surface area contributed by atoms with Gasteiger partial charge in [0.25, 0.3) is 5.91 Å². The zero-order chi connectivity index (χ0) is 22.0. The van der Waals surface area contributed by atoms with Gasteiger partial charge in [-0.25, -0.2) is 9.89 Å². The molecule has 6 nitrogen and oxygen atoms in total. The van der Waals surface area contributed by atoms with Gasteiger partial charge < -0.3 is 5.32 Å². The van der Waals surface area contributed by atoms with Gasteiger partial charge in [-0.05, 0) is 43.5 Å². The largest absolute Gasteiger partial charge is 0.325 e. The van der Waals surface area contributed by atoms with Crippen molar-refractivity contribution in [2.75, 3.05) is 5.32 Å². The Hall–Kier alpha value is -2.93. The highest BCUT2D eigenvalue weighted by atomic mass is 32.2. The minimum atomic E-state index is -0.391. The van der Waals surface area contributed by atoms with Gasteiger partial charge in [-0.3, -0.25) is 14.6 Å². The molecule has 0 radical (unpaired) electrons. The van der Waals surface area contributed by atoms with E-state index in [2.05, 4.69) is 5.32 Å². The van der Waals surface area contributed by atoms with Crippen molar-refractivity contribution in [1.29, 1.82) is 0 Å². The maximum absolute atomic E-state index is 13.1. The third-order valence-electron chi connectivity index (χ3n) is 5.42. The average molecular weight is 435 g/mol. The smallest absolute Gasteiger partial charge is 0.259 e. The van der Waals surface area contributed by atoms with Crippen LogP contribution in [0, 0.1) is 6.92 Å². The first-order valence-corrected chi connectivity index (χ1v) is 11.5. The van der Waals surface area contributed by atoms with Gasteiger partial charge in [0.05, 0.1) is 10.9 Å². The SMILES string of the molecule is CCCC1N=C2c3ccccc3N=C(SC(CC)C(=O)Nc3ccccc3C)N2C1=O. The summed E-state index contributed by atoms with van der Waals surface area (Å²) in [5, 5.41) is 3.16. The molecule has 2 aliphatic rings. The molecule has 31 heavy (non-hydrogen) atoms. The molecule has 2 unspecified atom stereocenters. The molecule has 4 rings (SSSR count). The number of amidine groups is 2. The van der Waals surface area contributed by atoms with Gasteiger partial charge in [0, 0.05) is 11.3 Å². The third-order valence-corrected chi connectivity index (χ3v) is 6.74. The van der Waals surface area contributed by atoms with Crippen LogP contribution in [0.3, 0.4) is 0 Å². The van der Waals surface area contributed by atoms with E-state index in [0.717, 1.165) is 28.9 Å². The minimum Gasteiger partial charge on any atom is -0.325 e. The zero-order valence-electron chi connectivity index (χ0n) is 18.0. The van der Waals surface area contributed by atoms with Crippen molar-refractivity contribution < 1.29 is 9.59 Å². The number of para-hydroxylation sites is 2. The van der Waals surface area contributed by atoms with Crippen LogP contribution in [-0.2, 0) is 9.59 Å². The molecular weight excluding hydrogens is 408 g/mol. The van der Waals surface area contributed by atoms with Crippen molar-refractivity contribution in [2.24, 2.45) is 9.98 Å². The number of benzene rings is 2. The first kappa shape index (κ1) is 21.3. The molecule has 7 heteroatoms. The summed E-state index contributed by atoms with van der Waals surface area (Å²) in [7, 11) is 0. The van der Waals surface area contributed by atoms with Crippen LogP contribution in [0.2, 0.25) is 0 Å². The predicted octanol–water partition coefficient (Wildman–Crippen LogP) is 4.90. The molecule has 2 aromatic rings. The number of hydrogen-bond donors (Lipinski definition) is 1. The lowest BCUT2D eigenvalue weighted by Gasteiger charge is -2.27. The lowest BCUT2D eigenvalue weighted by molar-refractivity contribution is -0.124. The molecule has 0 aliphatic carbocycles. The second kappa shape index (κ2) is 9.06. The van der Waals surface area contributed by atoms with Gasteiger partial charge in [-0.15, -0.1) is 0 Å². The number of rotatable bonds is 6. The number of carbonyl (C=O) groups excluding carboxylic acids is 2. The van der Waals surface area contributed by atoms with Crippen LogP contribution < -0.4 is 5.32 Å². The molecule has 0 fully saturated rings. The average Bonchev–Trinajstić information content (AvgIpc) is 3.10. The standard InChI is InChI=1S/C24H26N4O2S/c1-4-10-19-23(30)28-21(25-19)16-12-7-9-14-18(16)27-24(28)31-20(5-2)22(29)26-17-13-8-6-11-15(17)3/h6-9,11-14,19-20H,4-5,10H2,1-3H3,(H,26,29). The van der Waals surface area contributed by atoms with E-state index in [1.807, 2.05) is 69.3 Å². The molecule has 2 amide bonds. The van der Waals surface area contributed by atoms with Crippen LogP contribution in [0.15, 0.2) is 58.5 Å². The quantitative estimate of drug-likeness (QED) is 0.702. The van der Waals surface area contributed by atoms with E-state index < -0.39 is 6.04 Å². The van der Waals surface area contributed by atoms with Crippen LogP contribution in [0.1, 0.15) is 44.2 Å². The second-order valence-corrected chi connectivity index (χ2v) is 8.83. The lowest BCUT2D eigenvalue weighted by Crippen LogP contribution is -2.42. The predicted molar refractivity (Wildman–Crippen MR) is 127 cm³/mol. The van der Waals surface area contributed by atoms with Gasteiger partial charge >= 0.3 is 0 Å². The van der Waals surface area contributed by atoms with E-state index in [9.17, 15) is 9.59 Å². The fourth-order valence-electron chi connectivity index (χ4n) is 3.72. The van der Waals surface area contributed by atoms with E-state index in [4.69, 9.17) is 9.98 Å². The summed E-state index contributed by atoms with van der Waals surface area (Å²) >= 11 is 1.32. The molecule has 1 N–H and O–H groups in total. The van der Waals surface area contributed by atoms with Crippen LogP contribution in [-0.4, -0.2) is 39.0 Å². The van der Waals surface area contributed by atoms with E-state index in [-0.39, 0.29) is 17.1 Å². The summed E-state index contributed by atoms with van der Waals surface area (Å²) in [6.07, 6.45) is 2.18. The molecule has 2 heterocycles. The number of carbonyl (C=O) groups is 2. The van der Waals surface area contributed by atoms with E-state index in [1.54, 1.807) is 4.90 Å². The van der Waals surface area contributed by atoms with E-state index in [0.29, 0.717) is 23.8 Å². The molecule has 2 aliphatic heterocycles. The van der Waals surface area contributed by atoms with Crippen molar-refractivity contribution in [3.05, 3.63) is 59.7 Å². The molecule has 2 atom stereocenters. The third kappa shape index (κ3) is 4.14. The van der Waals surface area contributed by atoms with Gasteiger partial charge in [0.2, 0.25) is 5.91 Å². The molecule has 2 aromatic carbocycles. The lowest BCUT2D eigenvalue weighted by atomic mass is 10.1. The molecule has 160 valence electrons. The van der Waals surface area contributed by atoms with Gasteiger partial charge in [-0.2, -0.15) is 0 Å². The number of fused-ring (bicyclic) bond motifs is 3. The number of nitrogens with zero attached hydrogens (tertiary/aromatic N) is 3. The molecular formula is C24H26N4O2S. The summed E-state index contributed by atoms with van der Waals surface area (Å²) in [4.78, 5) is 37.3. The van der Waals surface area contributed by atoms with Crippen molar-refractivity contribution in [3.8, 4) is 0 Å². The summed E-state index contributed by atoms with van der Waals surface area (Å²) in [6.45, 7) is 5.98. The Kier molecular flexibility index (Phi) is 6.23. The Bertz CT molecular complexity index is 1080. The Balaban J connectivity index is 1.62. The zero-order valence-corrected chi connectivity index (χ0v) is 18.8. The van der Waals surface area contributed by atoms with Crippen molar-refractivity contribution >= 4 is 46.0 Å². The Morgan fingerprint density at radius 1 is 1.16 bits per heavy atom. The topological polar surface area (TPSA) is 74.1 Å². The summed E-state index contributed by atoms with van der Waals surface area (Å²) in [5.74, 6) is 0.482. The second-order valence-electron chi connectivity index (χ2n) is 7.66. The summed E-state index contributed by atoms with van der Waals surface area (Å²) in [6, 6.07) is 15.0. The van der Waals surface area contributed by atoms with Crippen LogP contribution in [0.5, 0.6) is 0 Å². The number of thioether (sulfide) groups is 1. The van der Waals surface area contributed by atoms with Crippen LogP contribution in [0.4, 0.5) is 11.4 Å². The van der Waals surface area contributed by atoms with Crippen LogP contribution >= 0.6 is 11.8 Å². The summed E-state index contributed by atoms with van der Waals surface area (Å²) in [5.41, 5.74) is 3.44. The van der Waals surface area contributed by atoms with E-state index >= 15 is 0 Å². The minimum absolute atomic E-state index is 0.0632. The Labute approximate surface area is 186 Å². The Morgan fingerprint density at radius 3 is 2.65 bits per heavy atom. The van der Waals surface area contributed by atoms with Crippen molar-refractivity contribution in [2.45, 2.75) is 51.3 Å². The van der Waals surface area contributed by atoms with Crippen molar-refractivity contribution in [3.63, 3.8) is 0 Å². The van der Waals surface area contributed by atoms with E-state index in [1.165, 1.54) is 11.8 Å². The number of amides is 2. The molecule has 0 bridgehead atoms. The van der Waals surface area contributed by atoms with Crippen LogP contribution in [0.25, 0.3) is 0 Å². The molecule has 0 saturated carbocycles. The van der Waals surface area contributed by atoms with Crippen molar-refractivity contribution in [1.82, 2.24) is 4.90 Å². The molecule has 0 saturated heterocycles. The molecule has 0 spiro atoms. The van der Waals surface area contributed by atoms with Gasteiger partial charge in [-0.1, -0.05) is 62.4 Å². The maximum atomic E-state index is 13.1. The molecule has 0 aromatic heterocycles. The monoisotopic (exact) mass is 434 g/mol. The fraction of sp³-hybridized carbons (Fsp3) is 0.333. The van der Waals surface area contributed by atoms with Gasteiger partial charge in [0.1, 0.15) is 11.9 Å². The highest BCUT2D eigenvalue weighted by Gasteiger charge is 2.42.